The highest BCUT2D eigenvalue weighted by atomic mass is 16.1. The fourth-order valence-corrected chi connectivity index (χ4v) is 4.07. The molecule has 0 saturated carbocycles. The lowest BCUT2D eigenvalue weighted by Gasteiger charge is -2.34. The quantitative estimate of drug-likeness (QED) is 0.600. The van der Waals surface area contributed by atoms with Gasteiger partial charge in [-0.05, 0) is 73.2 Å². The molecule has 0 bridgehead atoms. The molecule has 3 heterocycles. The fourth-order valence-electron chi connectivity index (χ4n) is 4.07. The highest BCUT2D eigenvalue weighted by Crippen LogP contribution is 2.37. The SMILES string of the molecule is Cc1cc2c(cn1)C=C(c1cc(Nn3ccc(CC(C)C)n3)ccc1C)C(C=O)N2C. The van der Waals surface area contributed by atoms with Gasteiger partial charge in [-0.1, -0.05) is 19.9 Å². The van der Waals surface area contributed by atoms with Crippen molar-refractivity contribution in [3.05, 3.63) is 70.8 Å². The van der Waals surface area contributed by atoms with E-state index in [0.717, 1.165) is 57.7 Å². The predicted molar refractivity (Wildman–Crippen MR) is 126 cm³/mol. The molecule has 1 aliphatic heterocycles. The summed E-state index contributed by atoms with van der Waals surface area (Å²) in [7, 11) is 1.96. The average molecular weight is 416 g/mol. The predicted octanol–water partition coefficient (Wildman–Crippen LogP) is 4.53. The Labute approximate surface area is 183 Å². The van der Waals surface area contributed by atoms with Gasteiger partial charge in [0.15, 0.2) is 0 Å². The normalized spacial score (nSPS) is 15.6. The van der Waals surface area contributed by atoms with Crippen molar-refractivity contribution in [3.63, 3.8) is 0 Å². The summed E-state index contributed by atoms with van der Waals surface area (Å²) in [5.41, 5.74) is 11.4. The zero-order chi connectivity index (χ0) is 22.1. The molecule has 2 aromatic heterocycles. The van der Waals surface area contributed by atoms with Crippen LogP contribution in [0, 0.1) is 19.8 Å². The minimum absolute atomic E-state index is 0.356. The molecule has 0 fully saturated rings. The minimum atomic E-state index is -0.356. The summed E-state index contributed by atoms with van der Waals surface area (Å²) in [6.45, 7) is 8.40. The number of carbonyl (C=O) groups excluding carboxylic acids is 1. The maximum Gasteiger partial charge on any atom is 0.147 e. The van der Waals surface area contributed by atoms with Crippen LogP contribution in [0.5, 0.6) is 0 Å². The maximum absolute atomic E-state index is 12.1. The Kier molecular flexibility index (Phi) is 5.63. The van der Waals surface area contributed by atoms with E-state index in [0.29, 0.717) is 5.92 Å². The first-order chi connectivity index (χ1) is 14.9. The number of anilines is 2. The Morgan fingerprint density at radius 1 is 1.19 bits per heavy atom. The van der Waals surface area contributed by atoms with Crippen LogP contribution in [0.3, 0.4) is 0 Å². The summed E-state index contributed by atoms with van der Waals surface area (Å²) < 4.78 is 0. The number of benzene rings is 1. The second-order valence-corrected chi connectivity index (χ2v) is 8.67. The number of nitrogens with one attached hydrogen (secondary N) is 1. The van der Waals surface area contributed by atoms with E-state index >= 15 is 0 Å². The van der Waals surface area contributed by atoms with Crippen molar-refractivity contribution in [1.29, 1.82) is 0 Å². The van der Waals surface area contributed by atoms with E-state index in [-0.39, 0.29) is 6.04 Å². The Hall–Kier alpha value is -3.41. The zero-order valence-corrected chi connectivity index (χ0v) is 18.8. The van der Waals surface area contributed by atoms with E-state index in [2.05, 4.69) is 54.5 Å². The van der Waals surface area contributed by atoms with Gasteiger partial charge >= 0.3 is 0 Å². The zero-order valence-electron chi connectivity index (χ0n) is 18.8. The molecule has 0 aliphatic carbocycles. The third kappa shape index (κ3) is 4.24. The number of hydrogen-bond donors (Lipinski definition) is 1. The number of aldehydes is 1. The van der Waals surface area contributed by atoms with Gasteiger partial charge in [0.05, 0.1) is 11.4 Å². The molecule has 0 radical (unpaired) electrons. The van der Waals surface area contributed by atoms with E-state index in [1.807, 2.05) is 49.5 Å². The lowest BCUT2D eigenvalue weighted by molar-refractivity contribution is -0.107. The molecular formula is C25H29N5O. The molecular weight excluding hydrogens is 386 g/mol. The average Bonchev–Trinajstić information content (AvgIpc) is 3.16. The van der Waals surface area contributed by atoms with Crippen molar-refractivity contribution in [2.75, 3.05) is 17.4 Å². The molecule has 1 atom stereocenters. The first kappa shape index (κ1) is 20.8. The molecule has 0 spiro atoms. The first-order valence-corrected chi connectivity index (χ1v) is 10.6. The van der Waals surface area contributed by atoms with Crippen LogP contribution in [0.2, 0.25) is 0 Å². The second-order valence-electron chi connectivity index (χ2n) is 8.67. The molecule has 1 aromatic carbocycles. The van der Waals surface area contributed by atoms with Gasteiger partial charge in [-0.2, -0.15) is 9.89 Å². The summed E-state index contributed by atoms with van der Waals surface area (Å²) in [4.78, 5) is 20.3. The number of pyridine rings is 1. The van der Waals surface area contributed by atoms with Crippen LogP contribution >= 0.6 is 0 Å². The Morgan fingerprint density at radius 2 is 2.00 bits per heavy atom. The summed E-state index contributed by atoms with van der Waals surface area (Å²) >= 11 is 0. The lowest BCUT2D eigenvalue weighted by atomic mass is 9.89. The Balaban J connectivity index is 1.70. The van der Waals surface area contributed by atoms with E-state index in [9.17, 15) is 4.79 Å². The number of fused-ring (bicyclic) bond motifs is 1. The van der Waals surface area contributed by atoms with Crippen molar-refractivity contribution in [3.8, 4) is 0 Å². The number of hydrogen-bond acceptors (Lipinski definition) is 5. The van der Waals surface area contributed by atoms with E-state index < -0.39 is 0 Å². The topological polar surface area (TPSA) is 63.1 Å². The molecule has 1 aliphatic rings. The Morgan fingerprint density at radius 3 is 2.74 bits per heavy atom. The van der Waals surface area contributed by atoms with Gasteiger partial charge in [-0.3, -0.25) is 10.4 Å². The standard InChI is InChI=1S/C25H29N5O/c1-16(2)10-21-8-9-30(28-21)27-20-7-6-17(3)22(13-20)23-12-19-14-26-18(4)11-24(19)29(5)25(23)15-31/h6-9,11-16,25,27H,10H2,1-5H3. The molecule has 3 aromatic rings. The van der Waals surface area contributed by atoms with Gasteiger partial charge in [0, 0.05) is 36.4 Å². The smallest absolute Gasteiger partial charge is 0.147 e. The molecule has 31 heavy (non-hydrogen) atoms. The number of likely N-dealkylation sites (N-methyl/N-ethyl adjacent to an activating group) is 1. The van der Waals surface area contributed by atoms with Crippen LogP contribution in [-0.2, 0) is 11.2 Å². The molecule has 6 heteroatoms. The summed E-state index contributed by atoms with van der Waals surface area (Å²) in [6, 6.07) is 9.89. The van der Waals surface area contributed by atoms with Gasteiger partial charge in [0.2, 0.25) is 0 Å². The highest BCUT2D eigenvalue weighted by molar-refractivity contribution is 6.01. The molecule has 160 valence electrons. The van der Waals surface area contributed by atoms with Crippen LogP contribution in [0.1, 0.15) is 41.9 Å². The third-order valence-electron chi connectivity index (χ3n) is 5.66. The largest absolute Gasteiger partial charge is 0.360 e. The van der Waals surface area contributed by atoms with Crippen LogP contribution in [0.25, 0.3) is 11.6 Å². The number of carbonyl (C=O) groups is 1. The van der Waals surface area contributed by atoms with Crippen molar-refractivity contribution < 1.29 is 4.79 Å². The molecule has 0 amide bonds. The molecule has 1 N–H and O–H groups in total. The van der Waals surface area contributed by atoms with Crippen molar-refractivity contribution in [2.24, 2.45) is 5.92 Å². The summed E-state index contributed by atoms with van der Waals surface area (Å²) in [5, 5.41) is 4.61. The van der Waals surface area contributed by atoms with Gasteiger partial charge in [-0.15, -0.1) is 0 Å². The summed E-state index contributed by atoms with van der Waals surface area (Å²) in [6.07, 6.45) is 7.85. The molecule has 4 rings (SSSR count). The highest BCUT2D eigenvalue weighted by Gasteiger charge is 2.28. The van der Waals surface area contributed by atoms with Crippen molar-refractivity contribution in [2.45, 2.75) is 40.2 Å². The maximum atomic E-state index is 12.1. The monoisotopic (exact) mass is 415 g/mol. The van der Waals surface area contributed by atoms with Crippen LogP contribution in [0.15, 0.2) is 42.7 Å². The Bertz CT molecular complexity index is 1140. The number of nitrogens with zero attached hydrogens (tertiary/aromatic N) is 4. The van der Waals surface area contributed by atoms with Crippen LogP contribution in [0.4, 0.5) is 11.4 Å². The second kappa shape index (κ2) is 8.38. The van der Waals surface area contributed by atoms with Gasteiger partial charge in [0.1, 0.15) is 12.3 Å². The number of rotatable bonds is 6. The molecule has 0 saturated heterocycles. The van der Waals surface area contributed by atoms with E-state index in [1.165, 1.54) is 0 Å². The molecule has 1 unspecified atom stereocenters. The minimum Gasteiger partial charge on any atom is -0.360 e. The van der Waals surface area contributed by atoms with Crippen LogP contribution in [-0.4, -0.2) is 34.2 Å². The van der Waals surface area contributed by atoms with Gasteiger partial charge in [-0.25, -0.2) is 0 Å². The van der Waals surface area contributed by atoms with E-state index in [4.69, 9.17) is 0 Å². The van der Waals surface area contributed by atoms with E-state index in [1.54, 1.807) is 4.79 Å². The number of aryl methyl sites for hydroxylation is 2. The fraction of sp³-hybridized carbons (Fsp3) is 0.320. The number of aromatic nitrogens is 3. The molecule has 6 nitrogen and oxygen atoms in total. The first-order valence-electron chi connectivity index (χ1n) is 10.6. The summed E-state index contributed by atoms with van der Waals surface area (Å²) in [5.74, 6) is 0.561. The van der Waals surface area contributed by atoms with Gasteiger partial charge < -0.3 is 9.69 Å². The van der Waals surface area contributed by atoms with Gasteiger partial charge in [0.25, 0.3) is 0 Å². The van der Waals surface area contributed by atoms with Crippen LogP contribution < -0.4 is 10.3 Å². The third-order valence-corrected chi connectivity index (χ3v) is 5.66. The lowest BCUT2D eigenvalue weighted by Crippen LogP contribution is -2.36. The van der Waals surface area contributed by atoms with Crippen molar-refractivity contribution >= 4 is 29.3 Å². The van der Waals surface area contributed by atoms with Crippen molar-refractivity contribution in [1.82, 2.24) is 14.9 Å².